The Bertz CT molecular complexity index is 714. The van der Waals surface area contributed by atoms with Crippen LogP contribution in [0.5, 0.6) is 0 Å². The molecule has 0 unspecified atom stereocenters. The van der Waals surface area contributed by atoms with E-state index in [4.69, 9.17) is 11.6 Å². The van der Waals surface area contributed by atoms with Gasteiger partial charge < -0.3 is 10.6 Å². The molecule has 4 nitrogen and oxygen atoms in total. The number of benzene rings is 2. The third-order valence-electron chi connectivity index (χ3n) is 3.18. The van der Waals surface area contributed by atoms with Crippen LogP contribution in [0.15, 0.2) is 42.5 Å². The summed E-state index contributed by atoms with van der Waals surface area (Å²) in [5, 5.41) is 6.41. The Morgan fingerprint density at radius 3 is 2.55 bits per heavy atom. The first-order valence-electron chi connectivity index (χ1n) is 6.86. The van der Waals surface area contributed by atoms with E-state index >= 15 is 0 Å². The highest BCUT2D eigenvalue weighted by atomic mass is 35.5. The van der Waals surface area contributed by atoms with Gasteiger partial charge in [-0.3, -0.25) is 9.59 Å². The van der Waals surface area contributed by atoms with Gasteiger partial charge in [-0.15, -0.1) is 0 Å². The molecule has 0 aliphatic carbocycles. The van der Waals surface area contributed by atoms with E-state index in [-0.39, 0.29) is 18.2 Å². The topological polar surface area (TPSA) is 58.2 Å². The number of nitrogens with one attached hydrogen (secondary N) is 2. The van der Waals surface area contributed by atoms with Gasteiger partial charge >= 0.3 is 0 Å². The minimum atomic E-state index is -0.197. The molecule has 1 amide bonds. The van der Waals surface area contributed by atoms with Gasteiger partial charge in [-0.2, -0.15) is 0 Å². The van der Waals surface area contributed by atoms with Gasteiger partial charge in [0.15, 0.2) is 5.78 Å². The SMILES string of the molecule is CC(=O)c1cccc(NC(=O)CNc2ccc(C)c(Cl)c2)c1. The average molecular weight is 317 g/mol. The van der Waals surface area contributed by atoms with Gasteiger partial charge in [0.1, 0.15) is 0 Å². The van der Waals surface area contributed by atoms with Crippen molar-refractivity contribution in [2.45, 2.75) is 13.8 Å². The van der Waals surface area contributed by atoms with Gasteiger partial charge in [-0.1, -0.05) is 29.8 Å². The molecule has 0 atom stereocenters. The fourth-order valence-corrected chi connectivity index (χ4v) is 2.09. The maximum Gasteiger partial charge on any atom is 0.243 e. The molecule has 0 aromatic heterocycles. The van der Waals surface area contributed by atoms with Gasteiger partial charge in [0.05, 0.1) is 6.54 Å². The zero-order valence-corrected chi connectivity index (χ0v) is 13.2. The number of anilines is 2. The molecule has 0 saturated heterocycles. The summed E-state index contributed by atoms with van der Waals surface area (Å²) in [6, 6.07) is 12.4. The van der Waals surface area contributed by atoms with Gasteiger partial charge in [0.25, 0.3) is 0 Å². The third-order valence-corrected chi connectivity index (χ3v) is 3.58. The van der Waals surface area contributed by atoms with Gasteiger partial charge in [-0.05, 0) is 43.7 Å². The standard InChI is InChI=1S/C17H17ClN2O2/c1-11-6-7-14(9-16(11)18)19-10-17(22)20-15-5-3-4-13(8-15)12(2)21/h3-9,19H,10H2,1-2H3,(H,20,22). The number of hydrogen-bond acceptors (Lipinski definition) is 3. The summed E-state index contributed by atoms with van der Waals surface area (Å²) in [5.41, 5.74) is 2.93. The second kappa shape index (κ2) is 7.09. The summed E-state index contributed by atoms with van der Waals surface area (Å²) < 4.78 is 0. The Morgan fingerprint density at radius 1 is 1.09 bits per heavy atom. The van der Waals surface area contributed by atoms with E-state index in [0.717, 1.165) is 11.3 Å². The Hall–Kier alpha value is -2.33. The summed E-state index contributed by atoms with van der Waals surface area (Å²) in [4.78, 5) is 23.2. The first kappa shape index (κ1) is 16.0. The van der Waals surface area contributed by atoms with Gasteiger partial charge in [-0.25, -0.2) is 0 Å². The van der Waals surface area contributed by atoms with E-state index in [1.165, 1.54) is 6.92 Å². The highest BCUT2D eigenvalue weighted by Gasteiger charge is 2.05. The summed E-state index contributed by atoms with van der Waals surface area (Å²) in [6.07, 6.45) is 0. The zero-order valence-electron chi connectivity index (χ0n) is 12.4. The number of halogens is 1. The lowest BCUT2D eigenvalue weighted by Gasteiger charge is -2.09. The number of hydrogen-bond donors (Lipinski definition) is 2. The monoisotopic (exact) mass is 316 g/mol. The van der Waals surface area contributed by atoms with Crippen LogP contribution >= 0.6 is 11.6 Å². The molecule has 0 spiro atoms. The van der Waals surface area contributed by atoms with Crippen molar-refractivity contribution >= 4 is 34.7 Å². The van der Waals surface area contributed by atoms with Crippen LogP contribution in [-0.4, -0.2) is 18.2 Å². The molecular formula is C17H17ClN2O2. The summed E-state index contributed by atoms with van der Waals surface area (Å²) >= 11 is 6.03. The fourth-order valence-electron chi connectivity index (χ4n) is 1.91. The van der Waals surface area contributed by atoms with E-state index in [2.05, 4.69) is 10.6 Å². The second-order valence-electron chi connectivity index (χ2n) is 5.00. The Kier molecular flexibility index (Phi) is 5.17. The van der Waals surface area contributed by atoms with Crippen molar-refractivity contribution < 1.29 is 9.59 Å². The fraction of sp³-hybridized carbons (Fsp3) is 0.176. The highest BCUT2D eigenvalue weighted by molar-refractivity contribution is 6.31. The molecule has 2 aromatic rings. The summed E-state index contributed by atoms with van der Waals surface area (Å²) in [6.45, 7) is 3.52. The first-order chi connectivity index (χ1) is 10.5. The van der Waals surface area contributed by atoms with E-state index in [1.807, 2.05) is 19.1 Å². The Balaban J connectivity index is 1.94. The zero-order chi connectivity index (χ0) is 16.1. The van der Waals surface area contributed by atoms with Crippen LogP contribution in [0.3, 0.4) is 0 Å². The van der Waals surface area contributed by atoms with Gasteiger partial charge in [0, 0.05) is 22.0 Å². The normalized spacial score (nSPS) is 10.1. The Morgan fingerprint density at radius 2 is 1.86 bits per heavy atom. The summed E-state index contributed by atoms with van der Waals surface area (Å²) in [7, 11) is 0. The van der Waals surface area contributed by atoms with E-state index < -0.39 is 0 Å². The molecule has 5 heteroatoms. The number of aryl methyl sites for hydroxylation is 1. The minimum absolute atomic E-state index is 0.0384. The lowest BCUT2D eigenvalue weighted by atomic mass is 10.1. The molecule has 0 aliphatic rings. The quantitative estimate of drug-likeness (QED) is 0.822. The van der Waals surface area contributed by atoms with Crippen molar-refractivity contribution in [3.8, 4) is 0 Å². The molecule has 0 aliphatic heterocycles. The second-order valence-corrected chi connectivity index (χ2v) is 5.41. The molecule has 0 bridgehead atoms. The number of rotatable bonds is 5. The molecule has 0 heterocycles. The van der Waals surface area contributed by atoms with E-state index in [1.54, 1.807) is 30.3 Å². The van der Waals surface area contributed by atoms with Crippen LogP contribution in [0.25, 0.3) is 0 Å². The third kappa shape index (κ3) is 4.33. The predicted molar refractivity (Wildman–Crippen MR) is 89.8 cm³/mol. The summed E-state index contributed by atoms with van der Waals surface area (Å²) in [5.74, 6) is -0.235. The molecular weight excluding hydrogens is 300 g/mol. The maximum absolute atomic E-state index is 11.9. The number of Topliss-reactive ketones (excluding diaryl/α,β-unsaturated/α-hetero) is 1. The molecule has 0 fully saturated rings. The molecule has 0 radical (unpaired) electrons. The van der Waals surface area contributed by atoms with Crippen LogP contribution in [0.1, 0.15) is 22.8 Å². The van der Waals surface area contributed by atoms with Crippen molar-refractivity contribution in [2.24, 2.45) is 0 Å². The molecule has 2 rings (SSSR count). The molecule has 114 valence electrons. The van der Waals surface area contributed by atoms with Crippen LogP contribution in [-0.2, 0) is 4.79 Å². The average Bonchev–Trinajstić information content (AvgIpc) is 2.49. The molecule has 0 saturated carbocycles. The molecule has 2 aromatic carbocycles. The van der Waals surface area contributed by atoms with Crippen molar-refractivity contribution in [1.82, 2.24) is 0 Å². The van der Waals surface area contributed by atoms with Crippen molar-refractivity contribution in [3.05, 3.63) is 58.6 Å². The van der Waals surface area contributed by atoms with Crippen molar-refractivity contribution in [1.29, 1.82) is 0 Å². The number of amides is 1. The minimum Gasteiger partial charge on any atom is -0.376 e. The predicted octanol–water partition coefficient (Wildman–Crippen LogP) is 3.90. The van der Waals surface area contributed by atoms with E-state index in [9.17, 15) is 9.59 Å². The van der Waals surface area contributed by atoms with Crippen molar-refractivity contribution in [2.75, 3.05) is 17.2 Å². The Labute approximate surface area is 134 Å². The van der Waals surface area contributed by atoms with Crippen LogP contribution < -0.4 is 10.6 Å². The molecule has 22 heavy (non-hydrogen) atoms. The lowest BCUT2D eigenvalue weighted by Crippen LogP contribution is -2.21. The van der Waals surface area contributed by atoms with Crippen molar-refractivity contribution in [3.63, 3.8) is 0 Å². The lowest BCUT2D eigenvalue weighted by molar-refractivity contribution is -0.114. The van der Waals surface area contributed by atoms with Gasteiger partial charge in [0.2, 0.25) is 5.91 Å². The maximum atomic E-state index is 11.9. The smallest absolute Gasteiger partial charge is 0.243 e. The van der Waals surface area contributed by atoms with E-state index in [0.29, 0.717) is 16.3 Å². The van der Waals surface area contributed by atoms with Crippen LogP contribution in [0, 0.1) is 6.92 Å². The number of carbonyl (C=O) groups is 2. The highest BCUT2D eigenvalue weighted by Crippen LogP contribution is 2.19. The van der Waals surface area contributed by atoms with Crippen LogP contribution in [0.2, 0.25) is 5.02 Å². The van der Waals surface area contributed by atoms with Crippen LogP contribution in [0.4, 0.5) is 11.4 Å². The number of ketones is 1. The number of carbonyl (C=O) groups excluding carboxylic acids is 2. The largest absolute Gasteiger partial charge is 0.376 e. The first-order valence-corrected chi connectivity index (χ1v) is 7.24. The molecule has 2 N–H and O–H groups in total.